The van der Waals surface area contributed by atoms with Crippen LogP contribution in [0.4, 0.5) is 0 Å². The van der Waals surface area contributed by atoms with Crippen LogP contribution >= 0.6 is 11.6 Å². The summed E-state index contributed by atoms with van der Waals surface area (Å²) in [6, 6.07) is 7.63. The molecule has 1 aliphatic rings. The van der Waals surface area contributed by atoms with E-state index in [9.17, 15) is 0 Å². The van der Waals surface area contributed by atoms with Crippen LogP contribution in [0.3, 0.4) is 0 Å². The SMILES string of the molecule is COc1ccc([C@H]2OC[C@@H](CCl)O2)cc1. The van der Waals surface area contributed by atoms with E-state index in [0.29, 0.717) is 12.5 Å². The Hall–Kier alpha value is -0.770. The van der Waals surface area contributed by atoms with Crippen molar-refractivity contribution in [2.75, 3.05) is 19.6 Å². The molecule has 0 aromatic heterocycles. The monoisotopic (exact) mass is 228 g/mol. The minimum absolute atomic E-state index is 0.00114. The molecule has 4 heteroatoms. The van der Waals surface area contributed by atoms with E-state index < -0.39 is 0 Å². The fraction of sp³-hybridized carbons (Fsp3) is 0.455. The van der Waals surface area contributed by atoms with Crippen molar-refractivity contribution in [3.63, 3.8) is 0 Å². The Morgan fingerprint density at radius 3 is 2.67 bits per heavy atom. The second-order valence-corrected chi connectivity index (χ2v) is 3.66. The average molecular weight is 229 g/mol. The summed E-state index contributed by atoms with van der Waals surface area (Å²) >= 11 is 5.68. The average Bonchev–Trinajstić information content (AvgIpc) is 2.78. The third-order valence-electron chi connectivity index (χ3n) is 2.31. The number of methoxy groups -OCH3 is 1. The third kappa shape index (κ3) is 2.43. The van der Waals surface area contributed by atoms with Crippen molar-refractivity contribution < 1.29 is 14.2 Å². The van der Waals surface area contributed by atoms with Gasteiger partial charge in [-0.3, -0.25) is 0 Å². The van der Waals surface area contributed by atoms with E-state index in [1.165, 1.54) is 0 Å². The van der Waals surface area contributed by atoms with Crippen LogP contribution in [0.1, 0.15) is 11.9 Å². The standard InChI is InChI=1S/C11H13ClO3/c1-13-9-4-2-8(3-5-9)11-14-7-10(6-12)15-11/h2-5,10-11H,6-7H2,1H3/t10-,11+/m1/s1. The van der Waals surface area contributed by atoms with Gasteiger partial charge in [-0.1, -0.05) is 12.1 Å². The molecule has 0 amide bonds. The van der Waals surface area contributed by atoms with Crippen LogP contribution in [0.5, 0.6) is 5.75 Å². The summed E-state index contributed by atoms with van der Waals surface area (Å²) in [5, 5.41) is 0. The Labute approximate surface area is 93.9 Å². The van der Waals surface area contributed by atoms with Crippen molar-refractivity contribution in [2.24, 2.45) is 0 Å². The van der Waals surface area contributed by atoms with Gasteiger partial charge in [0.2, 0.25) is 0 Å². The van der Waals surface area contributed by atoms with Crippen LogP contribution < -0.4 is 4.74 Å². The molecule has 82 valence electrons. The number of halogens is 1. The summed E-state index contributed by atoms with van der Waals surface area (Å²) in [5.41, 5.74) is 0.989. The summed E-state index contributed by atoms with van der Waals surface area (Å²) in [6.07, 6.45) is -0.293. The first-order valence-corrected chi connectivity index (χ1v) is 5.34. The van der Waals surface area contributed by atoms with E-state index in [2.05, 4.69) is 0 Å². The van der Waals surface area contributed by atoms with Crippen molar-refractivity contribution in [1.82, 2.24) is 0 Å². The van der Waals surface area contributed by atoms with Crippen LogP contribution in [0.15, 0.2) is 24.3 Å². The molecule has 2 atom stereocenters. The van der Waals surface area contributed by atoms with Crippen molar-refractivity contribution >= 4 is 11.6 Å². The largest absolute Gasteiger partial charge is 0.497 e. The fourth-order valence-corrected chi connectivity index (χ4v) is 1.63. The normalized spacial score (nSPS) is 25.5. The highest BCUT2D eigenvalue weighted by Crippen LogP contribution is 2.28. The zero-order chi connectivity index (χ0) is 10.7. The zero-order valence-corrected chi connectivity index (χ0v) is 9.24. The molecule has 15 heavy (non-hydrogen) atoms. The van der Waals surface area contributed by atoms with Gasteiger partial charge in [-0.2, -0.15) is 0 Å². The number of hydrogen-bond donors (Lipinski definition) is 0. The smallest absolute Gasteiger partial charge is 0.184 e. The Morgan fingerprint density at radius 2 is 2.13 bits per heavy atom. The predicted molar refractivity (Wildman–Crippen MR) is 57.3 cm³/mol. The lowest BCUT2D eigenvalue weighted by Crippen LogP contribution is -2.10. The molecule has 1 saturated heterocycles. The van der Waals surface area contributed by atoms with Gasteiger partial charge in [0.05, 0.1) is 25.7 Å². The maximum absolute atomic E-state index is 5.68. The lowest BCUT2D eigenvalue weighted by Gasteiger charge is -2.10. The molecule has 0 saturated carbocycles. The minimum atomic E-state index is -0.292. The predicted octanol–water partition coefficient (Wildman–Crippen LogP) is 2.35. The van der Waals surface area contributed by atoms with Gasteiger partial charge in [0.25, 0.3) is 0 Å². The van der Waals surface area contributed by atoms with E-state index in [1.807, 2.05) is 24.3 Å². The summed E-state index contributed by atoms with van der Waals surface area (Å²) in [5.74, 6) is 1.29. The minimum Gasteiger partial charge on any atom is -0.497 e. The molecule has 1 aromatic rings. The molecular formula is C11H13ClO3. The van der Waals surface area contributed by atoms with Crippen molar-refractivity contribution in [2.45, 2.75) is 12.4 Å². The molecule has 3 nitrogen and oxygen atoms in total. The number of benzene rings is 1. The van der Waals surface area contributed by atoms with E-state index in [4.69, 9.17) is 25.8 Å². The van der Waals surface area contributed by atoms with Gasteiger partial charge in [-0.05, 0) is 12.1 Å². The highest BCUT2D eigenvalue weighted by molar-refractivity contribution is 6.18. The number of rotatable bonds is 3. The van der Waals surface area contributed by atoms with Crippen LogP contribution in [-0.2, 0) is 9.47 Å². The van der Waals surface area contributed by atoms with Crippen LogP contribution in [0, 0.1) is 0 Å². The highest BCUT2D eigenvalue weighted by atomic mass is 35.5. The Balaban J connectivity index is 2.04. The second-order valence-electron chi connectivity index (χ2n) is 3.35. The molecule has 0 N–H and O–H groups in total. The molecule has 1 heterocycles. The van der Waals surface area contributed by atoms with Crippen molar-refractivity contribution in [1.29, 1.82) is 0 Å². The van der Waals surface area contributed by atoms with Crippen molar-refractivity contribution in [3.8, 4) is 5.75 Å². The van der Waals surface area contributed by atoms with E-state index >= 15 is 0 Å². The highest BCUT2D eigenvalue weighted by Gasteiger charge is 2.26. The fourth-order valence-electron chi connectivity index (χ4n) is 1.46. The van der Waals surface area contributed by atoms with Crippen LogP contribution in [0.25, 0.3) is 0 Å². The van der Waals surface area contributed by atoms with E-state index in [-0.39, 0.29) is 12.4 Å². The number of hydrogen-bond acceptors (Lipinski definition) is 3. The maximum atomic E-state index is 5.68. The Morgan fingerprint density at radius 1 is 1.40 bits per heavy atom. The zero-order valence-electron chi connectivity index (χ0n) is 8.48. The summed E-state index contributed by atoms with van der Waals surface area (Å²) < 4.78 is 16.1. The van der Waals surface area contributed by atoms with Crippen LogP contribution in [0.2, 0.25) is 0 Å². The maximum Gasteiger partial charge on any atom is 0.184 e. The molecule has 0 aliphatic carbocycles. The quantitative estimate of drug-likeness (QED) is 0.744. The first-order valence-electron chi connectivity index (χ1n) is 4.80. The topological polar surface area (TPSA) is 27.7 Å². The summed E-state index contributed by atoms with van der Waals surface area (Å²) in [7, 11) is 1.64. The van der Waals surface area contributed by atoms with Gasteiger partial charge >= 0.3 is 0 Å². The van der Waals surface area contributed by atoms with Gasteiger partial charge in [-0.15, -0.1) is 11.6 Å². The van der Waals surface area contributed by atoms with Crippen molar-refractivity contribution in [3.05, 3.63) is 29.8 Å². The molecule has 0 radical (unpaired) electrons. The van der Waals surface area contributed by atoms with Gasteiger partial charge in [0, 0.05) is 5.56 Å². The van der Waals surface area contributed by atoms with Gasteiger partial charge in [0.1, 0.15) is 5.75 Å². The number of alkyl halides is 1. The molecule has 0 spiro atoms. The lowest BCUT2D eigenvalue weighted by molar-refractivity contribution is -0.0567. The van der Waals surface area contributed by atoms with E-state index in [1.54, 1.807) is 7.11 Å². The molecule has 1 aliphatic heterocycles. The third-order valence-corrected chi connectivity index (χ3v) is 2.65. The van der Waals surface area contributed by atoms with E-state index in [0.717, 1.165) is 11.3 Å². The lowest BCUT2D eigenvalue weighted by atomic mass is 10.2. The molecule has 1 aromatic carbocycles. The molecule has 0 unspecified atom stereocenters. The summed E-state index contributed by atoms with van der Waals surface area (Å²) in [4.78, 5) is 0. The van der Waals surface area contributed by atoms with Crippen LogP contribution in [-0.4, -0.2) is 25.7 Å². The van der Waals surface area contributed by atoms with Gasteiger partial charge < -0.3 is 14.2 Å². The second kappa shape index (κ2) is 4.84. The molecule has 2 rings (SSSR count). The molecular weight excluding hydrogens is 216 g/mol. The molecule has 1 fully saturated rings. The first-order chi connectivity index (χ1) is 7.33. The molecule has 0 bridgehead atoms. The number of ether oxygens (including phenoxy) is 3. The van der Waals surface area contributed by atoms with Gasteiger partial charge in [0.15, 0.2) is 6.29 Å². The Bertz CT molecular complexity index is 312. The van der Waals surface area contributed by atoms with Gasteiger partial charge in [-0.25, -0.2) is 0 Å². The Kier molecular flexibility index (Phi) is 3.46. The first kappa shape index (κ1) is 10.7. The summed E-state index contributed by atoms with van der Waals surface area (Å²) in [6.45, 7) is 0.556.